The summed E-state index contributed by atoms with van der Waals surface area (Å²) in [4.78, 5) is 0. The molecule has 2 aromatic carbocycles. The van der Waals surface area contributed by atoms with Crippen molar-refractivity contribution in [2.45, 2.75) is 70.8 Å². The summed E-state index contributed by atoms with van der Waals surface area (Å²) >= 11 is 0. The lowest BCUT2D eigenvalue weighted by Gasteiger charge is -2.29. The van der Waals surface area contributed by atoms with Gasteiger partial charge in [-0.2, -0.15) is 0 Å². The first-order valence-electron chi connectivity index (χ1n) is 10.9. The third kappa shape index (κ3) is 5.76. The van der Waals surface area contributed by atoms with Gasteiger partial charge in [0.25, 0.3) is 0 Å². The highest BCUT2D eigenvalue weighted by molar-refractivity contribution is 5.65. The van der Waals surface area contributed by atoms with Gasteiger partial charge < -0.3 is 4.74 Å². The Kier molecular flexibility index (Phi) is 8.00. The summed E-state index contributed by atoms with van der Waals surface area (Å²) in [5.41, 5.74) is 2.78. The lowest BCUT2D eigenvalue weighted by atomic mass is 9.82. The molecule has 1 saturated carbocycles. The number of rotatable bonds is 8. The minimum atomic E-state index is -0.288. The maximum absolute atomic E-state index is 14.9. The summed E-state index contributed by atoms with van der Waals surface area (Å²) in [6.45, 7) is 4.90. The van der Waals surface area contributed by atoms with Crippen molar-refractivity contribution in [2.24, 2.45) is 0 Å². The van der Waals surface area contributed by atoms with Crippen LogP contribution in [0.25, 0.3) is 11.1 Å². The van der Waals surface area contributed by atoms with Crippen LogP contribution in [0.5, 0.6) is 0 Å². The minimum Gasteiger partial charge on any atom is -0.378 e. The summed E-state index contributed by atoms with van der Waals surface area (Å²) < 4.78 is 35.3. The SMILES string of the molecule is C/C=C/CCc1ccc(-c2ccc(C3CCC(OCCC)CC3)c(F)c2)c(F)c1. The second-order valence-corrected chi connectivity index (χ2v) is 8.00. The highest BCUT2D eigenvalue weighted by Gasteiger charge is 2.25. The van der Waals surface area contributed by atoms with Crippen molar-refractivity contribution in [3.8, 4) is 11.1 Å². The average molecular weight is 399 g/mol. The summed E-state index contributed by atoms with van der Waals surface area (Å²) in [7, 11) is 0. The molecule has 0 spiro atoms. The molecule has 1 nitrogen and oxygen atoms in total. The molecule has 0 aliphatic heterocycles. The van der Waals surface area contributed by atoms with Crippen LogP contribution in [0.4, 0.5) is 8.78 Å². The third-order valence-corrected chi connectivity index (χ3v) is 5.85. The molecule has 1 aliphatic carbocycles. The van der Waals surface area contributed by atoms with Crippen molar-refractivity contribution < 1.29 is 13.5 Å². The fourth-order valence-corrected chi connectivity index (χ4v) is 4.22. The number of halogens is 2. The molecule has 0 saturated heterocycles. The number of hydrogen-bond acceptors (Lipinski definition) is 1. The molecule has 0 amide bonds. The molecule has 0 bridgehead atoms. The van der Waals surface area contributed by atoms with Gasteiger partial charge in [0.2, 0.25) is 0 Å². The Morgan fingerprint density at radius 1 is 1.00 bits per heavy atom. The smallest absolute Gasteiger partial charge is 0.131 e. The molecule has 3 rings (SSSR count). The molecule has 156 valence electrons. The Morgan fingerprint density at radius 2 is 1.79 bits per heavy atom. The van der Waals surface area contributed by atoms with E-state index in [4.69, 9.17) is 4.74 Å². The monoisotopic (exact) mass is 398 g/mol. The van der Waals surface area contributed by atoms with Crippen molar-refractivity contribution in [1.29, 1.82) is 0 Å². The number of benzene rings is 2. The molecule has 3 heteroatoms. The lowest BCUT2D eigenvalue weighted by molar-refractivity contribution is 0.0249. The zero-order valence-electron chi connectivity index (χ0n) is 17.6. The van der Waals surface area contributed by atoms with E-state index in [-0.39, 0.29) is 17.6 Å². The molecular formula is C26H32F2O. The van der Waals surface area contributed by atoms with Gasteiger partial charge in [-0.15, -0.1) is 0 Å². The van der Waals surface area contributed by atoms with Crippen LogP contribution in [0.3, 0.4) is 0 Å². The normalized spacial score (nSPS) is 19.7. The molecule has 1 aliphatic rings. The first kappa shape index (κ1) is 21.7. The van der Waals surface area contributed by atoms with Crippen molar-refractivity contribution in [3.05, 3.63) is 71.3 Å². The first-order valence-corrected chi connectivity index (χ1v) is 10.9. The second-order valence-electron chi connectivity index (χ2n) is 8.00. The van der Waals surface area contributed by atoms with E-state index in [2.05, 4.69) is 13.0 Å². The molecule has 0 radical (unpaired) electrons. The van der Waals surface area contributed by atoms with Crippen LogP contribution in [0.15, 0.2) is 48.6 Å². The van der Waals surface area contributed by atoms with Crippen LogP contribution in [-0.2, 0) is 11.2 Å². The van der Waals surface area contributed by atoms with Crippen molar-refractivity contribution in [3.63, 3.8) is 0 Å². The highest BCUT2D eigenvalue weighted by Crippen LogP contribution is 2.37. The van der Waals surface area contributed by atoms with Crippen LogP contribution in [-0.4, -0.2) is 12.7 Å². The van der Waals surface area contributed by atoms with Gasteiger partial charge in [-0.3, -0.25) is 0 Å². The molecule has 2 aromatic rings. The van der Waals surface area contributed by atoms with E-state index in [9.17, 15) is 8.78 Å². The van der Waals surface area contributed by atoms with E-state index in [0.29, 0.717) is 17.2 Å². The Balaban J connectivity index is 1.68. The van der Waals surface area contributed by atoms with E-state index in [1.54, 1.807) is 12.1 Å². The molecule has 0 N–H and O–H groups in total. The van der Waals surface area contributed by atoms with Gasteiger partial charge in [-0.1, -0.05) is 43.3 Å². The molecule has 1 fully saturated rings. The van der Waals surface area contributed by atoms with Crippen molar-refractivity contribution in [2.75, 3.05) is 6.61 Å². The predicted octanol–water partition coefficient (Wildman–Crippen LogP) is 7.59. The maximum atomic E-state index is 14.9. The van der Waals surface area contributed by atoms with E-state index in [1.807, 2.05) is 31.2 Å². The van der Waals surface area contributed by atoms with Gasteiger partial charge in [-0.25, -0.2) is 8.78 Å². The van der Waals surface area contributed by atoms with Crippen LogP contribution in [0.1, 0.15) is 69.4 Å². The highest BCUT2D eigenvalue weighted by atomic mass is 19.1. The average Bonchev–Trinajstić information content (AvgIpc) is 2.73. The summed E-state index contributed by atoms with van der Waals surface area (Å²) in [5.74, 6) is -0.287. The minimum absolute atomic E-state index is 0.225. The van der Waals surface area contributed by atoms with Gasteiger partial charge in [0.15, 0.2) is 0 Å². The maximum Gasteiger partial charge on any atom is 0.131 e. The summed E-state index contributed by atoms with van der Waals surface area (Å²) in [6, 6.07) is 10.5. The third-order valence-electron chi connectivity index (χ3n) is 5.85. The Hall–Kier alpha value is -2.00. The molecular weight excluding hydrogens is 366 g/mol. The number of ether oxygens (including phenoxy) is 1. The fourth-order valence-electron chi connectivity index (χ4n) is 4.22. The van der Waals surface area contributed by atoms with Crippen LogP contribution in [0, 0.1) is 11.6 Å². The van der Waals surface area contributed by atoms with Gasteiger partial charge in [0.05, 0.1) is 6.10 Å². The zero-order valence-corrected chi connectivity index (χ0v) is 17.6. The van der Waals surface area contributed by atoms with E-state index >= 15 is 0 Å². The molecule has 0 aromatic heterocycles. The predicted molar refractivity (Wildman–Crippen MR) is 116 cm³/mol. The molecule has 0 unspecified atom stereocenters. The van der Waals surface area contributed by atoms with Crippen molar-refractivity contribution >= 4 is 0 Å². The molecule has 0 heterocycles. The fraction of sp³-hybridized carbons (Fsp3) is 0.462. The molecule has 0 atom stereocenters. The van der Waals surface area contributed by atoms with Gasteiger partial charge in [0, 0.05) is 12.2 Å². The van der Waals surface area contributed by atoms with Gasteiger partial charge >= 0.3 is 0 Å². The Bertz CT molecular complexity index is 819. The first-order chi connectivity index (χ1) is 14.1. The zero-order chi connectivity index (χ0) is 20.6. The lowest BCUT2D eigenvalue weighted by Crippen LogP contribution is -2.21. The van der Waals surface area contributed by atoms with Gasteiger partial charge in [-0.05, 0) is 86.6 Å². The van der Waals surface area contributed by atoms with E-state index in [1.165, 1.54) is 6.07 Å². The largest absolute Gasteiger partial charge is 0.378 e. The Morgan fingerprint density at radius 3 is 2.45 bits per heavy atom. The number of aryl methyl sites for hydroxylation is 1. The van der Waals surface area contributed by atoms with Crippen LogP contribution >= 0.6 is 0 Å². The summed E-state index contributed by atoms with van der Waals surface area (Å²) in [6.07, 6.45) is 11.0. The molecule has 29 heavy (non-hydrogen) atoms. The van der Waals surface area contributed by atoms with E-state index < -0.39 is 0 Å². The van der Waals surface area contributed by atoms with E-state index in [0.717, 1.165) is 62.7 Å². The topological polar surface area (TPSA) is 9.23 Å². The van der Waals surface area contributed by atoms with Crippen LogP contribution < -0.4 is 0 Å². The quantitative estimate of drug-likeness (QED) is 0.416. The van der Waals surface area contributed by atoms with Crippen molar-refractivity contribution in [1.82, 2.24) is 0 Å². The number of hydrogen-bond donors (Lipinski definition) is 0. The van der Waals surface area contributed by atoms with Gasteiger partial charge in [0.1, 0.15) is 11.6 Å². The standard InChI is InChI=1S/C26H32F2O/c1-3-5-6-7-19-8-14-24(25(27)17-19)21-11-15-23(26(28)18-21)20-9-12-22(13-10-20)29-16-4-2/h3,5,8,11,14-15,17-18,20,22H,4,6-7,9-10,12-13,16H2,1-2H3/b5-3+. The second kappa shape index (κ2) is 10.7. The Labute approximate surface area is 173 Å². The summed E-state index contributed by atoms with van der Waals surface area (Å²) in [5, 5.41) is 0. The number of allylic oxidation sites excluding steroid dienone is 2. The van der Waals surface area contributed by atoms with Crippen LogP contribution in [0.2, 0.25) is 0 Å².